The molecule has 0 bridgehead atoms. The Morgan fingerprint density at radius 1 is 1.26 bits per heavy atom. The number of amides is 3. The zero-order chi connectivity index (χ0) is 14.6. The van der Waals surface area contributed by atoms with E-state index in [9.17, 15) is 14.4 Å². The fraction of sp³-hybridized carbons (Fsp3) is 0.769. The second-order valence-corrected chi connectivity index (χ2v) is 5.23. The second-order valence-electron chi connectivity index (χ2n) is 5.23. The van der Waals surface area contributed by atoms with Crippen LogP contribution < -0.4 is 10.6 Å². The van der Waals surface area contributed by atoms with Gasteiger partial charge in [0.1, 0.15) is 12.1 Å². The summed E-state index contributed by atoms with van der Waals surface area (Å²) in [5.41, 5.74) is 0. The molecule has 0 aromatic carbocycles. The van der Waals surface area contributed by atoms with Crippen LogP contribution in [0.2, 0.25) is 0 Å². The highest BCUT2D eigenvalue weighted by molar-refractivity contribution is 5.92. The number of hydrogen-bond acceptors (Lipinski definition) is 3. The maximum absolute atomic E-state index is 12.5. The van der Waals surface area contributed by atoms with Crippen molar-refractivity contribution in [1.29, 1.82) is 0 Å². The van der Waals surface area contributed by atoms with Crippen LogP contribution in [-0.2, 0) is 14.4 Å². The van der Waals surface area contributed by atoms with Crippen molar-refractivity contribution in [3.8, 4) is 0 Å². The molecule has 1 fully saturated rings. The number of hydrogen-bond donors (Lipinski definition) is 2. The summed E-state index contributed by atoms with van der Waals surface area (Å²) in [6.07, 6.45) is 1.49. The monoisotopic (exact) mass is 269 g/mol. The molecule has 6 nitrogen and oxygen atoms in total. The van der Waals surface area contributed by atoms with Crippen molar-refractivity contribution in [3.63, 3.8) is 0 Å². The van der Waals surface area contributed by atoms with Crippen LogP contribution in [0.15, 0.2) is 0 Å². The first-order chi connectivity index (χ1) is 8.88. The fourth-order valence-electron chi connectivity index (χ4n) is 2.38. The molecule has 0 radical (unpaired) electrons. The molecule has 1 heterocycles. The second kappa shape index (κ2) is 6.54. The predicted molar refractivity (Wildman–Crippen MR) is 71.2 cm³/mol. The topological polar surface area (TPSA) is 78.5 Å². The zero-order valence-corrected chi connectivity index (χ0v) is 12.0. The van der Waals surface area contributed by atoms with Crippen molar-refractivity contribution in [2.45, 2.75) is 45.7 Å². The van der Waals surface area contributed by atoms with Crippen LogP contribution in [0.5, 0.6) is 0 Å². The molecule has 0 saturated carbocycles. The van der Waals surface area contributed by atoms with Crippen LogP contribution in [-0.4, -0.2) is 48.3 Å². The lowest BCUT2D eigenvalue weighted by molar-refractivity contribution is -0.142. The molecule has 0 unspecified atom stereocenters. The summed E-state index contributed by atoms with van der Waals surface area (Å²) in [6, 6.07) is -0.977. The molecule has 0 spiro atoms. The van der Waals surface area contributed by atoms with E-state index in [0.29, 0.717) is 13.0 Å². The Hall–Kier alpha value is -1.59. The first-order valence-corrected chi connectivity index (χ1v) is 6.67. The number of carbonyl (C=O) groups is 3. The molecule has 0 aromatic rings. The smallest absolute Gasteiger partial charge is 0.246 e. The van der Waals surface area contributed by atoms with Gasteiger partial charge in [0.25, 0.3) is 0 Å². The van der Waals surface area contributed by atoms with Crippen LogP contribution in [0.3, 0.4) is 0 Å². The number of likely N-dealkylation sites (N-methyl/N-ethyl adjacent to an activating group) is 1. The molecule has 19 heavy (non-hydrogen) atoms. The van der Waals surface area contributed by atoms with Crippen LogP contribution in [0.25, 0.3) is 0 Å². The van der Waals surface area contributed by atoms with E-state index in [2.05, 4.69) is 10.6 Å². The summed E-state index contributed by atoms with van der Waals surface area (Å²) in [6.45, 7) is 5.72. The maximum Gasteiger partial charge on any atom is 0.246 e. The SMILES string of the molecule is CNC(=O)[C@@H]1CCCN1C(=O)[C@@H](NC(C)=O)C(C)C. The lowest BCUT2D eigenvalue weighted by Crippen LogP contribution is -2.54. The first kappa shape index (κ1) is 15.5. The predicted octanol–water partition coefficient (Wildman–Crippen LogP) is -0.116. The molecule has 1 aliphatic rings. The first-order valence-electron chi connectivity index (χ1n) is 6.67. The fourth-order valence-corrected chi connectivity index (χ4v) is 2.38. The molecule has 0 aliphatic carbocycles. The summed E-state index contributed by atoms with van der Waals surface area (Å²) >= 11 is 0. The maximum atomic E-state index is 12.5. The number of likely N-dealkylation sites (tertiary alicyclic amines) is 1. The van der Waals surface area contributed by atoms with Crippen molar-refractivity contribution in [2.24, 2.45) is 5.92 Å². The lowest BCUT2D eigenvalue weighted by Gasteiger charge is -2.30. The third kappa shape index (κ3) is 3.68. The van der Waals surface area contributed by atoms with Crippen molar-refractivity contribution < 1.29 is 14.4 Å². The molecule has 1 rings (SSSR count). The van der Waals surface area contributed by atoms with Crippen LogP contribution in [0.1, 0.15) is 33.6 Å². The van der Waals surface area contributed by atoms with Gasteiger partial charge in [0, 0.05) is 20.5 Å². The number of nitrogens with zero attached hydrogens (tertiary/aromatic N) is 1. The average Bonchev–Trinajstić information content (AvgIpc) is 2.82. The molecule has 1 aliphatic heterocycles. The Balaban J connectivity index is 2.83. The van der Waals surface area contributed by atoms with Crippen molar-refractivity contribution in [2.75, 3.05) is 13.6 Å². The van der Waals surface area contributed by atoms with E-state index in [4.69, 9.17) is 0 Å². The van der Waals surface area contributed by atoms with E-state index in [0.717, 1.165) is 6.42 Å². The highest BCUT2D eigenvalue weighted by Crippen LogP contribution is 2.20. The summed E-state index contributed by atoms with van der Waals surface area (Å²) in [4.78, 5) is 37.0. The van der Waals surface area contributed by atoms with Crippen LogP contribution in [0.4, 0.5) is 0 Å². The highest BCUT2D eigenvalue weighted by atomic mass is 16.2. The molecule has 1 saturated heterocycles. The molecular weight excluding hydrogens is 246 g/mol. The van der Waals surface area contributed by atoms with E-state index >= 15 is 0 Å². The molecule has 3 amide bonds. The molecule has 6 heteroatoms. The van der Waals surface area contributed by atoms with Crippen LogP contribution in [0, 0.1) is 5.92 Å². The van der Waals surface area contributed by atoms with E-state index in [1.807, 2.05) is 13.8 Å². The Morgan fingerprint density at radius 2 is 1.89 bits per heavy atom. The lowest BCUT2D eigenvalue weighted by atomic mass is 10.0. The number of nitrogens with one attached hydrogen (secondary N) is 2. The molecule has 2 N–H and O–H groups in total. The van der Waals surface area contributed by atoms with Gasteiger partial charge in [0.15, 0.2) is 0 Å². The van der Waals surface area contributed by atoms with Gasteiger partial charge in [-0.1, -0.05) is 13.8 Å². The van der Waals surface area contributed by atoms with Gasteiger partial charge >= 0.3 is 0 Å². The van der Waals surface area contributed by atoms with E-state index < -0.39 is 12.1 Å². The molecule has 108 valence electrons. The highest BCUT2D eigenvalue weighted by Gasteiger charge is 2.37. The Labute approximate surface area is 113 Å². The van der Waals surface area contributed by atoms with Gasteiger partial charge < -0.3 is 15.5 Å². The largest absolute Gasteiger partial charge is 0.357 e. The minimum atomic E-state index is -0.567. The summed E-state index contributed by atoms with van der Waals surface area (Å²) in [5.74, 6) is -0.558. The quantitative estimate of drug-likeness (QED) is 0.747. The van der Waals surface area contributed by atoms with Crippen molar-refractivity contribution in [3.05, 3.63) is 0 Å². The number of carbonyl (C=O) groups excluding carboxylic acids is 3. The Kier molecular flexibility index (Phi) is 5.32. The Bertz CT molecular complexity index is 368. The minimum absolute atomic E-state index is 0.0117. The average molecular weight is 269 g/mol. The van der Waals surface area contributed by atoms with Gasteiger partial charge in [0.05, 0.1) is 0 Å². The number of rotatable bonds is 4. The van der Waals surface area contributed by atoms with Gasteiger partial charge in [-0.25, -0.2) is 0 Å². The molecule has 0 aromatic heterocycles. The summed E-state index contributed by atoms with van der Waals surface area (Å²) in [7, 11) is 1.57. The third-order valence-electron chi connectivity index (χ3n) is 3.38. The standard InChI is InChI=1S/C13H23N3O3/c1-8(2)11(15-9(3)17)13(19)16-7-5-6-10(16)12(18)14-4/h8,10-11H,5-7H2,1-4H3,(H,14,18)(H,15,17)/t10-,11-/m0/s1. The summed E-state index contributed by atoms with van der Waals surface area (Å²) in [5, 5.41) is 5.25. The molecular formula is C13H23N3O3. The van der Waals surface area contributed by atoms with Crippen molar-refractivity contribution in [1.82, 2.24) is 15.5 Å². The van der Waals surface area contributed by atoms with E-state index in [-0.39, 0.29) is 23.6 Å². The van der Waals surface area contributed by atoms with Crippen molar-refractivity contribution >= 4 is 17.7 Å². The van der Waals surface area contributed by atoms with Gasteiger partial charge in [-0.05, 0) is 18.8 Å². The van der Waals surface area contributed by atoms with Crippen LogP contribution >= 0.6 is 0 Å². The van der Waals surface area contributed by atoms with E-state index in [1.54, 1.807) is 11.9 Å². The molecule has 2 atom stereocenters. The Morgan fingerprint density at radius 3 is 2.37 bits per heavy atom. The zero-order valence-electron chi connectivity index (χ0n) is 12.0. The minimum Gasteiger partial charge on any atom is -0.357 e. The van der Waals surface area contributed by atoms with Gasteiger partial charge in [-0.3, -0.25) is 14.4 Å². The summed E-state index contributed by atoms with van der Waals surface area (Å²) < 4.78 is 0. The van der Waals surface area contributed by atoms with E-state index in [1.165, 1.54) is 6.92 Å². The van der Waals surface area contributed by atoms with Gasteiger partial charge in [0.2, 0.25) is 17.7 Å². The van der Waals surface area contributed by atoms with Gasteiger partial charge in [-0.15, -0.1) is 0 Å². The third-order valence-corrected chi connectivity index (χ3v) is 3.38. The normalized spacial score (nSPS) is 20.3. The van der Waals surface area contributed by atoms with Gasteiger partial charge in [-0.2, -0.15) is 0 Å².